The van der Waals surface area contributed by atoms with Crippen molar-refractivity contribution < 1.29 is 4.79 Å². The molecule has 1 saturated heterocycles. The maximum Gasteiger partial charge on any atom is 0.267 e. The van der Waals surface area contributed by atoms with Crippen LogP contribution in [0.1, 0.15) is 30.3 Å². The van der Waals surface area contributed by atoms with Gasteiger partial charge in [-0.15, -0.1) is 0 Å². The molecular formula is C13H20N4O. The average Bonchev–Trinajstić information content (AvgIpc) is 2.40. The van der Waals surface area contributed by atoms with Gasteiger partial charge in [-0.2, -0.15) is 0 Å². The van der Waals surface area contributed by atoms with Crippen LogP contribution in [0.4, 0.5) is 5.69 Å². The standard InChI is InChI=1S/C13H20N4O/c1-2-17-7-4-10(5-8-17)16-11-3-6-15-12(9-11)13(14)18/h3,6,9-10H,2,4-5,7-8H2,1H3,(H2,14,18)(H,15,16). The van der Waals surface area contributed by atoms with Crippen LogP contribution in [0.15, 0.2) is 18.3 Å². The highest BCUT2D eigenvalue weighted by atomic mass is 16.1. The zero-order chi connectivity index (χ0) is 13.0. The summed E-state index contributed by atoms with van der Waals surface area (Å²) in [5, 5.41) is 3.45. The second kappa shape index (κ2) is 5.82. The largest absolute Gasteiger partial charge is 0.382 e. The van der Waals surface area contributed by atoms with Crippen molar-refractivity contribution in [2.24, 2.45) is 5.73 Å². The van der Waals surface area contributed by atoms with Crippen molar-refractivity contribution in [3.05, 3.63) is 24.0 Å². The molecular weight excluding hydrogens is 228 g/mol. The molecule has 1 aliphatic rings. The number of nitrogens with zero attached hydrogens (tertiary/aromatic N) is 2. The maximum atomic E-state index is 11.1. The third kappa shape index (κ3) is 3.20. The molecule has 18 heavy (non-hydrogen) atoms. The minimum Gasteiger partial charge on any atom is -0.382 e. The average molecular weight is 248 g/mol. The summed E-state index contributed by atoms with van der Waals surface area (Å²) >= 11 is 0. The fourth-order valence-corrected chi connectivity index (χ4v) is 2.28. The Morgan fingerprint density at radius 3 is 2.89 bits per heavy atom. The van der Waals surface area contributed by atoms with E-state index in [0.717, 1.165) is 38.2 Å². The lowest BCUT2D eigenvalue weighted by molar-refractivity contribution is 0.0995. The fraction of sp³-hybridized carbons (Fsp3) is 0.538. The molecule has 98 valence electrons. The van der Waals surface area contributed by atoms with Crippen molar-refractivity contribution in [2.45, 2.75) is 25.8 Å². The van der Waals surface area contributed by atoms with E-state index in [1.165, 1.54) is 0 Å². The minimum absolute atomic E-state index is 0.311. The van der Waals surface area contributed by atoms with E-state index in [0.29, 0.717) is 11.7 Å². The fourth-order valence-electron chi connectivity index (χ4n) is 2.28. The molecule has 1 aromatic heterocycles. The second-order valence-corrected chi connectivity index (χ2v) is 4.65. The van der Waals surface area contributed by atoms with Crippen LogP contribution >= 0.6 is 0 Å². The van der Waals surface area contributed by atoms with Crippen LogP contribution in [-0.4, -0.2) is 41.5 Å². The number of hydrogen-bond acceptors (Lipinski definition) is 4. The van der Waals surface area contributed by atoms with E-state index in [1.54, 1.807) is 12.3 Å². The summed E-state index contributed by atoms with van der Waals surface area (Å²) < 4.78 is 0. The van der Waals surface area contributed by atoms with Crippen molar-refractivity contribution in [3.63, 3.8) is 0 Å². The molecule has 5 nitrogen and oxygen atoms in total. The summed E-state index contributed by atoms with van der Waals surface area (Å²) in [6.45, 7) is 5.56. The molecule has 2 heterocycles. The molecule has 0 saturated carbocycles. The molecule has 1 aliphatic heterocycles. The third-order valence-corrected chi connectivity index (χ3v) is 3.42. The summed E-state index contributed by atoms with van der Waals surface area (Å²) in [5.41, 5.74) is 6.45. The summed E-state index contributed by atoms with van der Waals surface area (Å²) in [5.74, 6) is -0.487. The Morgan fingerprint density at radius 2 is 2.28 bits per heavy atom. The molecule has 0 aliphatic carbocycles. The predicted octanol–water partition coefficient (Wildman–Crippen LogP) is 1.08. The van der Waals surface area contributed by atoms with Crippen LogP contribution in [0.2, 0.25) is 0 Å². The summed E-state index contributed by atoms with van der Waals surface area (Å²) in [6.07, 6.45) is 3.87. The van der Waals surface area contributed by atoms with Crippen molar-refractivity contribution >= 4 is 11.6 Å². The Bertz CT molecular complexity index is 413. The minimum atomic E-state index is -0.487. The molecule has 0 atom stereocenters. The number of aromatic nitrogens is 1. The van der Waals surface area contributed by atoms with Gasteiger partial charge in [-0.3, -0.25) is 9.78 Å². The highest BCUT2D eigenvalue weighted by Crippen LogP contribution is 2.16. The monoisotopic (exact) mass is 248 g/mol. The molecule has 2 rings (SSSR count). The van der Waals surface area contributed by atoms with Gasteiger partial charge in [-0.25, -0.2) is 0 Å². The normalized spacial score (nSPS) is 17.6. The number of nitrogens with one attached hydrogen (secondary N) is 1. The van der Waals surface area contributed by atoms with Gasteiger partial charge in [-0.05, 0) is 31.5 Å². The van der Waals surface area contributed by atoms with Crippen molar-refractivity contribution in [3.8, 4) is 0 Å². The molecule has 1 amide bonds. The van der Waals surface area contributed by atoms with E-state index in [-0.39, 0.29) is 0 Å². The molecule has 5 heteroatoms. The first-order valence-electron chi connectivity index (χ1n) is 6.43. The van der Waals surface area contributed by atoms with Crippen LogP contribution in [-0.2, 0) is 0 Å². The number of anilines is 1. The Morgan fingerprint density at radius 1 is 1.56 bits per heavy atom. The Balaban J connectivity index is 1.94. The van der Waals surface area contributed by atoms with Gasteiger partial charge in [0.15, 0.2) is 0 Å². The Kier molecular flexibility index (Phi) is 4.15. The Hall–Kier alpha value is -1.62. The van der Waals surface area contributed by atoms with Gasteiger partial charge < -0.3 is 16.0 Å². The number of pyridine rings is 1. The van der Waals surface area contributed by atoms with Crippen LogP contribution in [0.25, 0.3) is 0 Å². The van der Waals surface area contributed by atoms with Crippen LogP contribution in [0, 0.1) is 0 Å². The highest BCUT2D eigenvalue weighted by molar-refractivity contribution is 5.91. The van der Waals surface area contributed by atoms with Crippen LogP contribution in [0.3, 0.4) is 0 Å². The molecule has 0 unspecified atom stereocenters. The number of carbonyl (C=O) groups is 1. The van der Waals surface area contributed by atoms with E-state index in [4.69, 9.17) is 5.73 Å². The van der Waals surface area contributed by atoms with Crippen molar-refractivity contribution in [2.75, 3.05) is 25.0 Å². The van der Waals surface area contributed by atoms with E-state index in [1.807, 2.05) is 6.07 Å². The zero-order valence-corrected chi connectivity index (χ0v) is 10.7. The molecule has 0 bridgehead atoms. The molecule has 0 aromatic carbocycles. The first-order chi connectivity index (χ1) is 8.69. The molecule has 0 radical (unpaired) electrons. The van der Waals surface area contributed by atoms with E-state index >= 15 is 0 Å². The maximum absolute atomic E-state index is 11.1. The summed E-state index contributed by atoms with van der Waals surface area (Å²) in [6, 6.07) is 4.06. The van der Waals surface area contributed by atoms with Gasteiger partial charge >= 0.3 is 0 Å². The quantitative estimate of drug-likeness (QED) is 0.836. The first-order valence-corrected chi connectivity index (χ1v) is 6.43. The van der Waals surface area contributed by atoms with Crippen molar-refractivity contribution in [1.29, 1.82) is 0 Å². The van der Waals surface area contributed by atoms with E-state index < -0.39 is 5.91 Å². The number of primary amides is 1. The van der Waals surface area contributed by atoms with E-state index in [2.05, 4.69) is 22.1 Å². The smallest absolute Gasteiger partial charge is 0.267 e. The van der Waals surface area contributed by atoms with Gasteiger partial charge in [0.1, 0.15) is 5.69 Å². The number of carbonyl (C=O) groups excluding carboxylic acids is 1. The van der Waals surface area contributed by atoms with Gasteiger partial charge in [0, 0.05) is 31.0 Å². The number of rotatable bonds is 4. The number of amides is 1. The lowest BCUT2D eigenvalue weighted by atomic mass is 10.0. The van der Waals surface area contributed by atoms with Crippen LogP contribution < -0.4 is 11.1 Å². The van der Waals surface area contributed by atoms with Gasteiger partial charge in [0.2, 0.25) is 0 Å². The zero-order valence-electron chi connectivity index (χ0n) is 10.7. The summed E-state index contributed by atoms with van der Waals surface area (Å²) in [4.78, 5) is 17.4. The SMILES string of the molecule is CCN1CCC(Nc2ccnc(C(N)=O)c2)CC1. The van der Waals surface area contributed by atoms with Gasteiger partial charge in [0.05, 0.1) is 0 Å². The lowest BCUT2D eigenvalue weighted by Crippen LogP contribution is -2.38. The molecule has 0 spiro atoms. The number of hydrogen-bond donors (Lipinski definition) is 2. The summed E-state index contributed by atoms with van der Waals surface area (Å²) in [7, 11) is 0. The predicted molar refractivity (Wildman–Crippen MR) is 71.5 cm³/mol. The first kappa shape index (κ1) is 12.8. The highest BCUT2D eigenvalue weighted by Gasteiger charge is 2.17. The molecule has 1 fully saturated rings. The number of nitrogens with two attached hydrogens (primary N) is 1. The van der Waals surface area contributed by atoms with Crippen LogP contribution in [0.5, 0.6) is 0 Å². The lowest BCUT2D eigenvalue weighted by Gasteiger charge is -2.32. The second-order valence-electron chi connectivity index (χ2n) is 4.65. The topological polar surface area (TPSA) is 71.2 Å². The van der Waals surface area contributed by atoms with Crippen molar-refractivity contribution in [1.82, 2.24) is 9.88 Å². The molecule has 1 aromatic rings. The third-order valence-electron chi connectivity index (χ3n) is 3.42. The molecule has 3 N–H and O–H groups in total. The Labute approximate surface area is 107 Å². The van der Waals surface area contributed by atoms with Gasteiger partial charge in [0.25, 0.3) is 5.91 Å². The number of piperidine rings is 1. The van der Waals surface area contributed by atoms with E-state index in [9.17, 15) is 4.79 Å². The van der Waals surface area contributed by atoms with Gasteiger partial charge in [-0.1, -0.05) is 6.92 Å². The number of likely N-dealkylation sites (tertiary alicyclic amines) is 1.